The maximum absolute atomic E-state index is 11.1. The smallest absolute Gasteiger partial charge is 0.150 e. The lowest BCUT2D eigenvalue weighted by Crippen LogP contribution is -2.25. The molecule has 0 radical (unpaired) electrons. The van der Waals surface area contributed by atoms with Crippen molar-refractivity contribution in [3.8, 4) is 0 Å². The first-order chi connectivity index (χ1) is 6.53. The molecule has 1 atom stereocenters. The molecule has 0 saturated carbocycles. The van der Waals surface area contributed by atoms with Crippen LogP contribution in [0.2, 0.25) is 0 Å². The van der Waals surface area contributed by atoms with Gasteiger partial charge in [0.1, 0.15) is 0 Å². The fraction of sp³-hybridized carbons (Fsp3) is 0.778. The minimum Gasteiger partial charge on any atom is -0.313 e. The minimum absolute atomic E-state index is 0.281. The van der Waals surface area contributed by atoms with Gasteiger partial charge in [0.15, 0.2) is 9.84 Å². The van der Waals surface area contributed by atoms with Crippen LogP contribution in [0.5, 0.6) is 0 Å². The van der Waals surface area contributed by atoms with Crippen molar-refractivity contribution in [2.45, 2.75) is 13.3 Å². The Bertz CT molecular complexity index is 311. The minimum atomic E-state index is -2.73. The Morgan fingerprint density at radius 3 is 2.86 bits per heavy atom. The van der Waals surface area contributed by atoms with Crippen LogP contribution in [0.4, 0.5) is 0 Å². The van der Waals surface area contributed by atoms with Crippen LogP contribution in [0.25, 0.3) is 0 Å². The molecular weight excluding hydrogens is 222 g/mol. The second-order valence-electron chi connectivity index (χ2n) is 3.86. The summed E-state index contributed by atoms with van der Waals surface area (Å²) in [6.07, 6.45) is 0.791. The van der Waals surface area contributed by atoms with Crippen molar-refractivity contribution < 1.29 is 8.42 Å². The van der Waals surface area contributed by atoms with Gasteiger partial charge in [0, 0.05) is 12.1 Å². The zero-order chi connectivity index (χ0) is 10.6. The first kappa shape index (κ1) is 12.0. The Kier molecular flexibility index (Phi) is 4.41. The van der Waals surface area contributed by atoms with Crippen molar-refractivity contribution >= 4 is 21.4 Å². The van der Waals surface area contributed by atoms with Crippen LogP contribution in [0.3, 0.4) is 0 Å². The molecule has 0 aromatic heterocycles. The Labute approximate surface area is 90.4 Å². The Balaban J connectivity index is 2.21. The number of nitrogens with one attached hydrogen (secondary N) is 1. The Morgan fingerprint density at radius 2 is 2.36 bits per heavy atom. The highest BCUT2D eigenvalue weighted by molar-refractivity contribution is 7.91. The molecule has 1 unspecified atom stereocenters. The number of hydrogen-bond acceptors (Lipinski definition) is 3. The summed E-state index contributed by atoms with van der Waals surface area (Å²) in [6.45, 7) is 3.44. The average Bonchev–Trinajstić information content (AvgIpc) is 2.45. The van der Waals surface area contributed by atoms with Crippen LogP contribution in [-0.4, -0.2) is 33.0 Å². The number of sulfone groups is 1. The average molecular weight is 238 g/mol. The largest absolute Gasteiger partial charge is 0.313 e. The van der Waals surface area contributed by atoms with Crippen molar-refractivity contribution in [1.82, 2.24) is 5.32 Å². The monoisotopic (exact) mass is 237 g/mol. The molecule has 3 nitrogen and oxygen atoms in total. The molecule has 0 aromatic rings. The molecule has 1 fully saturated rings. The molecule has 82 valence electrons. The molecule has 0 aliphatic carbocycles. The lowest BCUT2D eigenvalue weighted by atomic mass is 10.1. The van der Waals surface area contributed by atoms with E-state index >= 15 is 0 Å². The van der Waals surface area contributed by atoms with Gasteiger partial charge in [-0.2, -0.15) is 0 Å². The van der Waals surface area contributed by atoms with Crippen molar-refractivity contribution in [2.24, 2.45) is 5.92 Å². The van der Waals surface area contributed by atoms with E-state index in [0.717, 1.165) is 25.1 Å². The van der Waals surface area contributed by atoms with Crippen LogP contribution < -0.4 is 5.32 Å². The topological polar surface area (TPSA) is 46.2 Å². The molecule has 1 N–H and O–H groups in total. The fourth-order valence-electron chi connectivity index (χ4n) is 1.55. The van der Waals surface area contributed by atoms with Gasteiger partial charge in [-0.3, -0.25) is 0 Å². The summed E-state index contributed by atoms with van der Waals surface area (Å²) in [6, 6.07) is 0. The van der Waals surface area contributed by atoms with Gasteiger partial charge in [-0.15, -0.1) is 0 Å². The molecule has 1 heterocycles. The van der Waals surface area contributed by atoms with E-state index in [-0.39, 0.29) is 5.92 Å². The Morgan fingerprint density at radius 1 is 1.64 bits per heavy atom. The molecule has 0 aromatic carbocycles. The first-order valence-corrected chi connectivity index (χ1v) is 6.96. The summed E-state index contributed by atoms with van der Waals surface area (Å²) in [4.78, 5) is 0. The van der Waals surface area contributed by atoms with Gasteiger partial charge in [-0.25, -0.2) is 8.42 Å². The van der Waals surface area contributed by atoms with Crippen LogP contribution >= 0.6 is 11.6 Å². The highest BCUT2D eigenvalue weighted by atomic mass is 35.5. The van der Waals surface area contributed by atoms with Crippen LogP contribution in [0, 0.1) is 5.92 Å². The molecule has 0 bridgehead atoms. The molecule has 1 aliphatic rings. The number of hydrogen-bond donors (Lipinski definition) is 1. The second kappa shape index (κ2) is 5.14. The number of halogens is 1. The predicted molar refractivity (Wildman–Crippen MR) is 59.2 cm³/mol. The van der Waals surface area contributed by atoms with Gasteiger partial charge < -0.3 is 5.32 Å². The predicted octanol–water partition coefficient (Wildman–Crippen LogP) is 1.15. The zero-order valence-electron chi connectivity index (χ0n) is 8.29. The molecule has 1 aliphatic heterocycles. The molecular formula is C9H16ClNO2S. The van der Waals surface area contributed by atoms with Gasteiger partial charge in [-0.1, -0.05) is 11.6 Å². The second-order valence-corrected chi connectivity index (χ2v) is 6.30. The van der Waals surface area contributed by atoms with E-state index < -0.39 is 9.84 Å². The Hall–Kier alpha value is -0.0600. The van der Waals surface area contributed by atoms with Crippen LogP contribution in [-0.2, 0) is 9.84 Å². The summed E-state index contributed by atoms with van der Waals surface area (Å²) in [5.41, 5.74) is 2.60. The lowest BCUT2D eigenvalue weighted by molar-refractivity contribution is 0.536. The number of rotatable bonds is 4. The third kappa shape index (κ3) is 3.98. The fourth-order valence-corrected chi connectivity index (χ4v) is 3.48. The molecule has 1 rings (SSSR count). The van der Waals surface area contributed by atoms with E-state index in [9.17, 15) is 8.42 Å². The highest BCUT2D eigenvalue weighted by Gasteiger charge is 2.27. The van der Waals surface area contributed by atoms with Crippen LogP contribution in [0.15, 0.2) is 11.1 Å². The van der Waals surface area contributed by atoms with Crippen molar-refractivity contribution in [2.75, 3.05) is 24.6 Å². The van der Waals surface area contributed by atoms with Crippen molar-refractivity contribution in [3.05, 3.63) is 11.1 Å². The maximum Gasteiger partial charge on any atom is 0.150 e. The van der Waals surface area contributed by atoms with Gasteiger partial charge >= 0.3 is 0 Å². The van der Waals surface area contributed by atoms with Crippen LogP contribution in [0.1, 0.15) is 13.3 Å². The van der Waals surface area contributed by atoms with E-state index in [0.29, 0.717) is 11.5 Å². The third-order valence-corrected chi connectivity index (χ3v) is 4.56. The normalized spacial score (nSPS) is 26.7. The van der Waals surface area contributed by atoms with E-state index in [4.69, 9.17) is 11.6 Å². The molecule has 0 spiro atoms. The van der Waals surface area contributed by atoms with Crippen molar-refractivity contribution in [1.29, 1.82) is 0 Å². The van der Waals surface area contributed by atoms with Gasteiger partial charge in [0.05, 0.1) is 11.5 Å². The lowest BCUT2D eigenvalue weighted by Gasteiger charge is -2.08. The summed E-state index contributed by atoms with van der Waals surface area (Å²) in [5, 5.41) is 3.20. The summed E-state index contributed by atoms with van der Waals surface area (Å²) in [5.74, 6) is 0.968. The van der Waals surface area contributed by atoms with Gasteiger partial charge in [0.2, 0.25) is 0 Å². The van der Waals surface area contributed by atoms with E-state index in [1.165, 1.54) is 0 Å². The summed E-state index contributed by atoms with van der Waals surface area (Å²) >= 11 is 5.49. The highest BCUT2D eigenvalue weighted by Crippen LogP contribution is 2.17. The van der Waals surface area contributed by atoms with Gasteiger partial charge in [0.25, 0.3) is 0 Å². The third-order valence-electron chi connectivity index (χ3n) is 2.35. The van der Waals surface area contributed by atoms with E-state index in [1.807, 2.05) is 6.92 Å². The molecule has 1 saturated heterocycles. The summed E-state index contributed by atoms with van der Waals surface area (Å²) in [7, 11) is -2.73. The van der Waals surface area contributed by atoms with Gasteiger partial charge in [-0.05, 0) is 31.4 Å². The van der Waals surface area contributed by atoms with E-state index in [1.54, 1.807) is 5.54 Å². The molecule has 14 heavy (non-hydrogen) atoms. The quantitative estimate of drug-likeness (QED) is 0.798. The SMILES string of the molecule is CC(=CCl)CNCC1CCS(=O)(=O)C1. The molecule has 5 heteroatoms. The zero-order valence-corrected chi connectivity index (χ0v) is 9.87. The maximum atomic E-state index is 11.1. The molecule has 0 amide bonds. The first-order valence-electron chi connectivity index (χ1n) is 4.70. The van der Waals surface area contributed by atoms with E-state index in [2.05, 4.69) is 5.32 Å². The standard InChI is InChI=1S/C9H16ClNO2S/c1-8(4-10)5-11-6-9-2-3-14(12,13)7-9/h4,9,11H,2-3,5-7H2,1H3. The van der Waals surface area contributed by atoms with Crippen molar-refractivity contribution in [3.63, 3.8) is 0 Å². The summed E-state index contributed by atoms with van der Waals surface area (Å²) < 4.78 is 22.3.